The molecule has 0 fully saturated rings. The van der Waals surface area contributed by atoms with Gasteiger partial charge in [0.05, 0.1) is 0 Å². The summed E-state index contributed by atoms with van der Waals surface area (Å²) in [6, 6.07) is 5.25. The molecule has 0 radical (unpaired) electrons. The van der Waals surface area contributed by atoms with Crippen LogP contribution in [0, 0.1) is 0 Å². The van der Waals surface area contributed by atoms with Crippen LogP contribution in [0.4, 0.5) is 5.82 Å². The quantitative estimate of drug-likeness (QED) is 0.566. The first kappa shape index (κ1) is 15.7. The van der Waals surface area contributed by atoms with Gasteiger partial charge in [-0.15, -0.1) is 0 Å². The van der Waals surface area contributed by atoms with Crippen LogP contribution in [0.15, 0.2) is 29.4 Å². The second kappa shape index (κ2) is 5.98. The minimum absolute atomic E-state index is 0.0434. The van der Waals surface area contributed by atoms with E-state index in [0.29, 0.717) is 18.7 Å². The number of anilines is 1. The fourth-order valence-electron chi connectivity index (χ4n) is 1.92. The number of sulfonamides is 1. The van der Waals surface area contributed by atoms with Crippen LogP contribution in [0.1, 0.15) is 0 Å². The van der Waals surface area contributed by atoms with Crippen LogP contribution in [-0.4, -0.2) is 61.2 Å². The molecule has 116 valence electrons. The molecule has 8 nitrogen and oxygen atoms in total. The van der Waals surface area contributed by atoms with Crippen LogP contribution in [0.25, 0.3) is 5.65 Å². The molecule has 0 atom stereocenters. The van der Waals surface area contributed by atoms with Crippen LogP contribution >= 0.6 is 0 Å². The van der Waals surface area contributed by atoms with Crippen molar-refractivity contribution in [2.24, 2.45) is 5.84 Å². The molecule has 21 heavy (non-hydrogen) atoms. The van der Waals surface area contributed by atoms with E-state index < -0.39 is 10.0 Å². The Labute approximate surface area is 124 Å². The number of aromatic nitrogens is 2. The van der Waals surface area contributed by atoms with Crippen LogP contribution in [-0.2, 0) is 10.0 Å². The molecule has 2 rings (SSSR count). The number of hydrogen-bond acceptors (Lipinski definition) is 6. The molecular formula is C12H20N6O2S. The number of likely N-dealkylation sites (N-methyl/N-ethyl adjacent to an activating group) is 2. The van der Waals surface area contributed by atoms with Gasteiger partial charge in [-0.3, -0.25) is 4.40 Å². The van der Waals surface area contributed by atoms with Crippen LogP contribution < -0.4 is 11.3 Å². The van der Waals surface area contributed by atoms with Gasteiger partial charge in [0.2, 0.25) is 5.03 Å². The number of nitrogens with one attached hydrogen (secondary N) is 1. The molecule has 0 aliphatic rings. The van der Waals surface area contributed by atoms with Crippen molar-refractivity contribution in [3.63, 3.8) is 0 Å². The Morgan fingerprint density at radius 1 is 1.29 bits per heavy atom. The van der Waals surface area contributed by atoms with Crippen molar-refractivity contribution in [1.29, 1.82) is 0 Å². The van der Waals surface area contributed by atoms with E-state index in [1.165, 1.54) is 8.71 Å². The predicted molar refractivity (Wildman–Crippen MR) is 81.4 cm³/mol. The van der Waals surface area contributed by atoms with E-state index in [2.05, 4.69) is 10.4 Å². The molecule has 0 spiro atoms. The smallest absolute Gasteiger partial charge is 0.262 e. The average Bonchev–Trinajstić information content (AvgIpc) is 2.83. The maximum absolute atomic E-state index is 12.8. The topological polar surface area (TPSA) is 96.0 Å². The van der Waals surface area contributed by atoms with Gasteiger partial charge < -0.3 is 10.3 Å². The molecule has 3 N–H and O–H groups in total. The summed E-state index contributed by atoms with van der Waals surface area (Å²) in [5.41, 5.74) is 2.88. The van der Waals surface area contributed by atoms with Gasteiger partial charge in [0, 0.05) is 26.3 Å². The highest BCUT2D eigenvalue weighted by atomic mass is 32.2. The van der Waals surface area contributed by atoms with E-state index in [1.54, 1.807) is 31.4 Å². The van der Waals surface area contributed by atoms with E-state index in [1.807, 2.05) is 19.0 Å². The van der Waals surface area contributed by atoms with Crippen molar-refractivity contribution in [1.82, 2.24) is 18.6 Å². The number of nitrogens with zero attached hydrogens (tertiary/aromatic N) is 4. The second-order valence-electron chi connectivity index (χ2n) is 4.97. The van der Waals surface area contributed by atoms with Crippen molar-refractivity contribution < 1.29 is 8.42 Å². The zero-order valence-electron chi connectivity index (χ0n) is 12.3. The maximum Gasteiger partial charge on any atom is 0.262 e. The molecule has 0 aliphatic heterocycles. The summed E-state index contributed by atoms with van der Waals surface area (Å²) in [7, 11) is 1.63. The van der Waals surface area contributed by atoms with Gasteiger partial charge in [-0.1, -0.05) is 6.07 Å². The standard InChI is InChI=1S/C12H20N6O2S/c1-16(2)8-9-17(3)21(19,20)12-11(15-13)14-10-6-4-5-7-18(10)12/h4-7,15H,8-9,13H2,1-3H3. The number of nitrogens with two attached hydrogens (primary N) is 1. The first-order valence-corrected chi connectivity index (χ1v) is 7.86. The molecule has 0 aromatic carbocycles. The lowest BCUT2D eigenvalue weighted by Crippen LogP contribution is -2.34. The van der Waals surface area contributed by atoms with Gasteiger partial charge in [0.15, 0.2) is 5.82 Å². The largest absolute Gasteiger partial charge is 0.308 e. The Bertz CT molecular complexity index is 724. The summed E-state index contributed by atoms with van der Waals surface area (Å²) >= 11 is 0. The lowest BCUT2D eigenvalue weighted by molar-refractivity contribution is 0.358. The second-order valence-corrected chi connectivity index (χ2v) is 6.93. The first-order chi connectivity index (χ1) is 9.87. The average molecular weight is 312 g/mol. The third kappa shape index (κ3) is 3.00. The summed E-state index contributed by atoms with van der Waals surface area (Å²) < 4.78 is 28.3. The summed E-state index contributed by atoms with van der Waals surface area (Å²) in [6.45, 7) is 0.997. The summed E-state index contributed by atoms with van der Waals surface area (Å²) in [4.78, 5) is 6.10. The number of pyridine rings is 1. The Morgan fingerprint density at radius 2 is 2.00 bits per heavy atom. The van der Waals surface area contributed by atoms with Crippen molar-refractivity contribution >= 4 is 21.5 Å². The Kier molecular flexibility index (Phi) is 4.47. The highest BCUT2D eigenvalue weighted by molar-refractivity contribution is 7.89. The molecule has 0 bridgehead atoms. The molecule has 0 saturated carbocycles. The minimum atomic E-state index is -3.70. The number of hydrazine groups is 1. The normalized spacial score (nSPS) is 12.5. The lowest BCUT2D eigenvalue weighted by atomic mass is 10.5. The molecule has 9 heteroatoms. The van der Waals surface area contributed by atoms with Crippen LogP contribution in [0.2, 0.25) is 0 Å². The molecule has 2 heterocycles. The van der Waals surface area contributed by atoms with E-state index >= 15 is 0 Å². The first-order valence-electron chi connectivity index (χ1n) is 6.42. The third-order valence-electron chi connectivity index (χ3n) is 3.14. The highest BCUT2D eigenvalue weighted by Crippen LogP contribution is 2.24. The Balaban J connectivity index is 2.48. The number of nitrogen functional groups attached to an aromatic ring is 1. The fraction of sp³-hybridized carbons (Fsp3) is 0.417. The van der Waals surface area contributed by atoms with Gasteiger partial charge >= 0.3 is 0 Å². The molecule has 0 aliphatic carbocycles. The minimum Gasteiger partial charge on any atom is -0.308 e. The number of fused-ring (bicyclic) bond motifs is 1. The van der Waals surface area contributed by atoms with Crippen molar-refractivity contribution in [2.45, 2.75) is 5.03 Å². The Morgan fingerprint density at radius 3 is 2.62 bits per heavy atom. The highest BCUT2D eigenvalue weighted by Gasteiger charge is 2.29. The monoisotopic (exact) mass is 312 g/mol. The maximum atomic E-state index is 12.8. The van der Waals surface area contributed by atoms with Gasteiger partial charge in [-0.25, -0.2) is 19.2 Å². The zero-order valence-corrected chi connectivity index (χ0v) is 13.1. The van der Waals surface area contributed by atoms with Crippen LogP contribution in [0.5, 0.6) is 0 Å². The van der Waals surface area contributed by atoms with Gasteiger partial charge in [-0.2, -0.15) is 4.31 Å². The van der Waals surface area contributed by atoms with E-state index in [9.17, 15) is 8.42 Å². The molecule has 2 aromatic heterocycles. The Hall–Kier alpha value is -1.68. The number of rotatable bonds is 6. The van der Waals surface area contributed by atoms with Crippen molar-refractivity contribution in [3.8, 4) is 0 Å². The van der Waals surface area contributed by atoms with Gasteiger partial charge in [0.1, 0.15) is 5.65 Å². The molecule has 2 aromatic rings. The van der Waals surface area contributed by atoms with E-state index in [0.717, 1.165) is 0 Å². The van der Waals surface area contributed by atoms with Crippen LogP contribution in [0.3, 0.4) is 0 Å². The van der Waals surface area contributed by atoms with E-state index in [-0.39, 0.29) is 10.8 Å². The van der Waals surface area contributed by atoms with Crippen molar-refractivity contribution in [3.05, 3.63) is 24.4 Å². The van der Waals surface area contributed by atoms with Gasteiger partial charge in [0.25, 0.3) is 10.0 Å². The molecule has 0 amide bonds. The SMILES string of the molecule is CN(C)CCN(C)S(=O)(=O)c1c(NN)nc2ccccn12. The van der Waals surface area contributed by atoms with Crippen molar-refractivity contribution in [2.75, 3.05) is 39.7 Å². The lowest BCUT2D eigenvalue weighted by Gasteiger charge is -2.19. The summed E-state index contributed by atoms with van der Waals surface area (Å²) in [5.74, 6) is 5.55. The molecule has 0 saturated heterocycles. The van der Waals surface area contributed by atoms with Gasteiger partial charge in [-0.05, 0) is 26.2 Å². The summed E-state index contributed by atoms with van der Waals surface area (Å²) in [6.07, 6.45) is 1.65. The fourth-order valence-corrected chi connectivity index (χ4v) is 3.29. The van der Waals surface area contributed by atoms with E-state index in [4.69, 9.17) is 5.84 Å². The third-order valence-corrected chi connectivity index (χ3v) is 5.02. The molecule has 0 unspecified atom stereocenters. The summed E-state index contributed by atoms with van der Waals surface area (Å²) in [5, 5.41) is 0.0434. The molecular weight excluding hydrogens is 292 g/mol. The predicted octanol–water partition coefficient (Wildman–Crippen LogP) is -0.198. The number of imidazole rings is 1. The zero-order chi connectivity index (χ0) is 15.6. The number of hydrogen-bond donors (Lipinski definition) is 2.